The van der Waals surface area contributed by atoms with Crippen LogP contribution in [0.15, 0.2) is 76.6 Å². The molecule has 0 aromatic heterocycles. The molecule has 0 aliphatic carbocycles. The van der Waals surface area contributed by atoms with Gasteiger partial charge in [0.05, 0.1) is 15.5 Å². The van der Waals surface area contributed by atoms with Crippen LogP contribution < -0.4 is 10.1 Å². The van der Waals surface area contributed by atoms with Gasteiger partial charge in [0.1, 0.15) is 12.4 Å². The minimum absolute atomic E-state index is 0.0265. The second-order valence-corrected chi connectivity index (χ2v) is 8.55. The van der Waals surface area contributed by atoms with Crippen molar-refractivity contribution in [2.24, 2.45) is 4.99 Å². The fraction of sp³-hybridized carbons (Fsp3) is 0.0833. The SMILES string of the molecule is Cc1c(Cl)cccc1N=C1NC(=O)/C(=C/c2ccccc2OCc2ccc([N+](=O)[O-])cc2)S1. The van der Waals surface area contributed by atoms with E-state index in [0.717, 1.165) is 16.7 Å². The number of hydrogen-bond acceptors (Lipinski definition) is 6. The first-order valence-electron chi connectivity index (χ1n) is 9.90. The molecule has 1 aliphatic rings. The molecule has 1 heterocycles. The summed E-state index contributed by atoms with van der Waals surface area (Å²) in [5.41, 5.74) is 3.08. The number of nitrogens with zero attached hydrogens (tertiary/aromatic N) is 2. The van der Waals surface area contributed by atoms with Gasteiger partial charge < -0.3 is 10.1 Å². The third kappa shape index (κ3) is 5.42. The highest BCUT2D eigenvalue weighted by molar-refractivity contribution is 8.18. The topological polar surface area (TPSA) is 93.8 Å². The van der Waals surface area contributed by atoms with Crippen LogP contribution in [0.2, 0.25) is 5.02 Å². The summed E-state index contributed by atoms with van der Waals surface area (Å²) in [5.74, 6) is 0.344. The monoisotopic (exact) mass is 479 g/mol. The number of nitrogens with one attached hydrogen (secondary N) is 1. The summed E-state index contributed by atoms with van der Waals surface area (Å²) in [6, 6.07) is 19.0. The lowest BCUT2D eigenvalue weighted by atomic mass is 10.1. The van der Waals surface area contributed by atoms with Crippen molar-refractivity contribution in [2.75, 3.05) is 0 Å². The predicted octanol–water partition coefficient (Wildman–Crippen LogP) is 6.03. The van der Waals surface area contributed by atoms with E-state index in [1.807, 2.05) is 37.3 Å². The Labute approximate surface area is 199 Å². The maximum absolute atomic E-state index is 12.5. The highest BCUT2D eigenvalue weighted by atomic mass is 35.5. The van der Waals surface area contributed by atoms with Gasteiger partial charge in [-0.05, 0) is 66.2 Å². The van der Waals surface area contributed by atoms with E-state index in [2.05, 4.69) is 10.3 Å². The van der Waals surface area contributed by atoms with Crippen molar-refractivity contribution in [2.45, 2.75) is 13.5 Å². The lowest BCUT2D eigenvalue weighted by molar-refractivity contribution is -0.384. The second kappa shape index (κ2) is 9.89. The largest absolute Gasteiger partial charge is 0.488 e. The number of non-ortho nitro benzene ring substituents is 1. The Hall–Kier alpha value is -3.62. The van der Waals surface area contributed by atoms with Crippen molar-refractivity contribution in [1.29, 1.82) is 0 Å². The van der Waals surface area contributed by atoms with Crippen LogP contribution in [0.5, 0.6) is 5.75 Å². The second-order valence-electron chi connectivity index (χ2n) is 7.12. The van der Waals surface area contributed by atoms with E-state index >= 15 is 0 Å². The molecule has 9 heteroatoms. The molecule has 0 unspecified atom stereocenters. The Morgan fingerprint density at radius 3 is 2.64 bits per heavy atom. The summed E-state index contributed by atoms with van der Waals surface area (Å²) in [4.78, 5) is 27.9. The molecule has 0 bridgehead atoms. The molecular formula is C24H18ClN3O4S. The molecule has 33 heavy (non-hydrogen) atoms. The zero-order valence-corrected chi connectivity index (χ0v) is 19.0. The van der Waals surface area contributed by atoms with Gasteiger partial charge in [-0.15, -0.1) is 0 Å². The minimum Gasteiger partial charge on any atom is -0.488 e. The average Bonchev–Trinajstić information content (AvgIpc) is 3.15. The smallest absolute Gasteiger partial charge is 0.269 e. The van der Waals surface area contributed by atoms with Crippen LogP contribution in [0.3, 0.4) is 0 Å². The lowest BCUT2D eigenvalue weighted by Crippen LogP contribution is -2.19. The molecule has 1 fully saturated rings. The van der Waals surface area contributed by atoms with Crippen LogP contribution in [0.4, 0.5) is 11.4 Å². The number of aliphatic imine (C=N–C) groups is 1. The van der Waals surface area contributed by atoms with Crippen molar-refractivity contribution >= 4 is 51.9 Å². The van der Waals surface area contributed by atoms with Gasteiger partial charge in [0.2, 0.25) is 0 Å². The predicted molar refractivity (Wildman–Crippen MR) is 131 cm³/mol. The van der Waals surface area contributed by atoms with Crippen LogP contribution in [-0.2, 0) is 11.4 Å². The molecule has 0 atom stereocenters. The van der Waals surface area contributed by atoms with E-state index in [1.165, 1.54) is 23.9 Å². The first-order valence-corrected chi connectivity index (χ1v) is 11.1. The first-order chi connectivity index (χ1) is 15.9. The quantitative estimate of drug-likeness (QED) is 0.265. The number of benzene rings is 3. The van der Waals surface area contributed by atoms with E-state index in [1.54, 1.807) is 30.3 Å². The van der Waals surface area contributed by atoms with E-state index in [-0.39, 0.29) is 18.2 Å². The lowest BCUT2D eigenvalue weighted by Gasteiger charge is -2.09. The number of rotatable bonds is 6. The summed E-state index contributed by atoms with van der Waals surface area (Å²) in [6.07, 6.45) is 1.75. The standard InChI is InChI=1S/C24H18ClN3O4S/c1-15-19(25)6-4-7-20(15)26-24-27-23(29)22(33-24)13-17-5-2-3-8-21(17)32-14-16-9-11-18(12-10-16)28(30)31/h2-13H,14H2,1H3,(H,26,27,29)/b22-13-. The van der Waals surface area contributed by atoms with Gasteiger partial charge in [0, 0.05) is 22.7 Å². The van der Waals surface area contributed by atoms with Crippen LogP contribution in [0, 0.1) is 17.0 Å². The highest BCUT2D eigenvalue weighted by Gasteiger charge is 2.24. The zero-order valence-electron chi connectivity index (χ0n) is 17.4. The number of para-hydroxylation sites is 1. The molecule has 1 amide bonds. The zero-order chi connectivity index (χ0) is 23.4. The highest BCUT2D eigenvalue weighted by Crippen LogP contribution is 2.32. The fourth-order valence-corrected chi connectivity index (χ4v) is 4.05. The molecule has 1 aliphatic heterocycles. The van der Waals surface area contributed by atoms with Crippen LogP contribution in [-0.4, -0.2) is 16.0 Å². The van der Waals surface area contributed by atoms with Gasteiger partial charge in [-0.25, -0.2) is 4.99 Å². The summed E-state index contributed by atoms with van der Waals surface area (Å²) in [5, 5.41) is 14.7. The number of nitro groups is 1. The summed E-state index contributed by atoms with van der Waals surface area (Å²) in [7, 11) is 0. The molecule has 4 rings (SSSR count). The Kier molecular flexibility index (Phi) is 6.76. The van der Waals surface area contributed by atoms with Gasteiger partial charge in [-0.1, -0.05) is 35.9 Å². The Balaban J connectivity index is 1.51. The molecule has 0 spiro atoms. The van der Waals surface area contributed by atoms with Crippen LogP contribution >= 0.6 is 23.4 Å². The van der Waals surface area contributed by atoms with Crippen molar-refractivity contribution < 1.29 is 14.5 Å². The molecule has 166 valence electrons. The maximum atomic E-state index is 12.5. The number of hydrogen-bond donors (Lipinski definition) is 1. The number of nitro benzene ring substituents is 1. The summed E-state index contributed by atoms with van der Waals surface area (Å²) in [6.45, 7) is 2.11. The van der Waals surface area contributed by atoms with Crippen LogP contribution in [0.25, 0.3) is 6.08 Å². The summed E-state index contributed by atoms with van der Waals surface area (Å²) < 4.78 is 5.92. The number of amides is 1. The van der Waals surface area contributed by atoms with Gasteiger partial charge >= 0.3 is 0 Å². The third-order valence-corrected chi connectivity index (χ3v) is 6.18. The van der Waals surface area contributed by atoms with Crippen molar-refractivity contribution in [3.05, 3.63) is 103 Å². The number of carbonyl (C=O) groups excluding carboxylic acids is 1. The van der Waals surface area contributed by atoms with Gasteiger partial charge in [-0.2, -0.15) is 0 Å². The third-order valence-electron chi connectivity index (χ3n) is 4.86. The average molecular weight is 480 g/mol. The van der Waals surface area contributed by atoms with Crippen molar-refractivity contribution in [1.82, 2.24) is 5.32 Å². The maximum Gasteiger partial charge on any atom is 0.269 e. The van der Waals surface area contributed by atoms with Crippen molar-refractivity contribution in [3.63, 3.8) is 0 Å². The van der Waals surface area contributed by atoms with Gasteiger partial charge in [0.25, 0.3) is 11.6 Å². The number of halogens is 1. The summed E-state index contributed by atoms with van der Waals surface area (Å²) >= 11 is 7.40. The molecule has 0 radical (unpaired) electrons. The molecule has 7 nitrogen and oxygen atoms in total. The van der Waals surface area contributed by atoms with Crippen molar-refractivity contribution in [3.8, 4) is 5.75 Å². The first kappa shape index (κ1) is 22.6. The minimum atomic E-state index is -0.443. The Morgan fingerprint density at radius 1 is 1.12 bits per heavy atom. The normalized spacial score (nSPS) is 15.6. The fourth-order valence-electron chi connectivity index (χ4n) is 3.05. The van der Waals surface area contributed by atoms with Gasteiger partial charge in [-0.3, -0.25) is 14.9 Å². The number of ether oxygens (including phenoxy) is 1. The molecule has 3 aromatic rings. The number of amidine groups is 1. The van der Waals surface area contributed by atoms with Gasteiger partial charge in [0.15, 0.2) is 5.17 Å². The molecule has 1 N–H and O–H groups in total. The molecule has 0 saturated carbocycles. The van der Waals surface area contributed by atoms with E-state index < -0.39 is 4.92 Å². The van der Waals surface area contributed by atoms with Crippen LogP contribution in [0.1, 0.15) is 16.7 Å². The van der Waals surface area contributed by atoms with E-state index in [4.69, 9.17) is 16.3 Å². The number of carbonyl (C=O) groups is 1. The van der Waals surface area contributed by atoms with E-state index in [0.29, 0.717) is 26.5 Å². The Bertz CT molecular complexity index is 1290. The molecular weight excluding hydrogens is 462 g/mol. The molecule has 3 aromatic carbocycles. The molecule has 1 saturated heterocycles. The number of thioether (sulfide) groups is 1. The Morgan fingerprint density at radius 2 is 1.88 bits per heavy atom. The van der Waals surface area contributed by atoms with E-state index in [9.17, 15) is 14.9 Å².